The van der Waals surface area contributed by atoms with Crippen molar-refractivity contribution in [2.24, 2.45) is 17.8 Å². The molecular weight excluding hydrogens is 356 g/mol. The van der Waals surface area contributed by atoms with Crippen molar-refractivity contribution < 1.29 is 4.79 Å². The predicted molar refractivity (Wildman–Crippen MR) is 112 cm³/mol. The zero-order valence-corrected chi connectivity index (χ0v) is 16.5. The lowest BCUT2D eigenvalue weighted by Gasteiger charge is -2.22. The van der Waals surface area contributed by atoms with Crippen LogP contribution in [-0.4, -0.2) is 37.0 Å². The van der Waals surface area contributed by atoms with Crippen LogP contribution in [0.4, 0.5) is 0 Å². The van der Waals surface area contributed by atoms with E-state index in [0.717, 1.165) is 39.0 Å². The van der Waals surface area contributed by atoms with Gasteiger partial charge in [0.15, 0.2) is 0 Å². The molecule has 144 valence electrons. The lowest BCUT2D eigenvalue weighted by molar-refractivity contribution is -0.131. The Kier molecular flexibility index (Phi) is 6.92. The van der Waals surface area contributed by atoms with Crippen molar-refractivity contribution in [3.63, 3.8) is 0 Å². The van der Waals surface area contributed by atoms with Gasteiger partial charge in [0.05, 0.1) is 0 Å². The number of nitrogens with one attached hydrogen (secondary N) is 1. The van der Waals surface area contributed by atoms with E-state index in [-0.39, 0.29) is 12.4 Å². The van der Waals surface area contributed by atoms with Crippen LogP contribution in [0.2, 0.25) is 0 Å². The Morgan fingerprint density at radius 3 is 1.85 bits per heavy atom. The van der Waals surface area contributed by atoms with Crippen LogP contribution in [0.1, 0.15) is 17.5 Å². The third-order valence-electron chi connectivity index (χ3n) is 5.94. The first-order valence-corrected chi connectivity index (χ1v) is 9.84. The van der Waals surface area contributed by atoms with Crippen molar-refractivity contribution in [1.29, 1.82) is 0 Å². The van der Waals surface area contributed by atoms with Crippen molar-refractivity contribution in [3.05, 3.63) is 71.8 Å². The summed E-state index contributed by atoms with van der Waals surface area (Å²) in [6.07, 6.45) is 2.57. The second-order valence-corrected chi connectivity index (χ2v) is 7.93. The van der Waals surface area contributed by atoms with E-state index in [2.05, 4.69) is 70.9 Å². The van der Waals surface area contributed by atoms with Gasteiger partial charge >= 0.3 is 0 Å². The molecule has 2 heterocycles. The molecule has 1 N–H and O–H groups in total. The predicted octanol–water partition coefficient (Wildman–Crippen LogP) is 3.58. The van der Waals surface area contributed by atoms with Gasteiger partial charge in [-0.3, -0.25) is 4.79 Å². The molecule has 0 saturated carbocycles. The molecule has 2 atom stereocenters. The lowest BCUT2D eigenvalue weighted by Crippen LogP contribution is -2.33. The highest BCUT2D eigenvalue weighted by Gasteiger charge is 2.38. The van der Waals surface area contributed by atoms with Gasteiger partial charge in [-0.1, -0.05) is 60.7 Å². The Balaban J connectivity index is 0.00000210. The number of carbonyl (C=O) groups is 1. The van der Waals surface area contributed by atoms with E-state index in [9.17, 15) is 4.79 Å². The minimum Gasteiger partial charge on any atom is -0.342 e. The molecule has 2 aliphatic rings. The molecule has 0 unspecified atom stereocenters. The molecule has 2 saturated heterocycles. The lowest BCUT2D eigenvalue weighted by atomic mass is 9.89. The van der Waals surface area contributed by atoms with Gasteiger partial charge in [0.25, 0.3) is 0 Å². The van der Waals surface area contributed by atoms with Crippen LogP contribution in [0.25, 0.3) is 0 Å². The van der Waals surface area contributed by atoms with Gasteiger partial charge in [0, 0.05) is 32.6 Å². The summed E-state index contributed by atoms with van der Waals surface area (Å²) in [7, 11) is 0. The van der Waals surface area contributed by atoms with Crippen molar-refractivity contribution in [3.8, 4) is 0 Å². The van der Waals surface area contributed by atoms with E-state index in [1.54, 1.807) is 0 Å². The minimum absolute atomic E-state index is 0. The average Bonchev–Trinajstić information content (AvgIpc) is 3.25. The van der Waals surface area contributed by atoms with Crippen LogP contribution < -0.4 is 5.32 Å². The number of carbonyl (C=O) groups excluding carboxylic acids is 1. The molecule has 2 aromatic carbocycles. The molecule has 0 spiro atoms. The van der Waals surface area contributed by atoms with Gasteiger partial charge in [0.2, 0.25) is 5.91 Å². The molecule has 0 aromatic heterocycles. The number of benzene rings is 2. The largest absolute Gasteiger partial charge is 0.342 e. The number of fused-ring (bicyclic) bond motifs is 1. The van der Waals surface area contributed by atoms with Crippen molar-refractivity contribution in [2.45, 2.75) is 19.3 Å². The standard InChI is InChI=1S/C23H28N2O.ClH/c26-23(25-16-21-14-24-15-22(21)17-25)13-20(11-18-7-3-1-4-8-18)12-19-9-5-2-6-10-19;/h1-10,20-22,24H,11-17H2;1H/t21-,22+;. The second kappa shape index (κ2) is 9.38. The Morgan fingerprint density at radius 1 is 0.889 bits per heavy atom. The third kappa shape index (κ3) is 5.12. The maximum atomic E-state index is 13.0. The van der Waals surface area contributed by atoms with Crippen molar-refractivity contribution in [2.75, 3.05) is 26.2 Å². The van der Waals surface area contributed by atoms with Crippen LogP contribution in [0.15, 0.2) is 60.7 Å². The van der Waals surface area contributed by atoms with E-state index in [0.29, 0.717) is 30.1 Å². The molecule has 0 radical (unpaired) electrons. The molecule has 27 heavy (non-hydrogen) atoms. The smallest absolute Gasteiger partial charge is 0.222 e. The quantitative estimate of drug-likeness (QED) is 0.825. The Labute approximate surface area is 168 Å². The van der Waals surface area contributed by atoms with E-state index in [1.165, 1.54) is 11.1 Å². The topological polar surface area (TPSA) is 32.3 Å². The van der Waals surface area contributed by atoms with Gasteiger partial charge in [-0.05, 0) is 41.7 Å². The van der Waals surface area contributed by atoms with Gasteiger partial charge in [-0.25, -0.2) is 0 Å². The number of rotatable bonds is 6. The number of hydrogen-bond acceptors (Lipinski definition) is 2. The van der Waals surface area contributed by atoms with Gasteiger partial charge < -0.3 is 10.2 Å². The second-order valence-electron chi connectivity index (χ2n) is 7.93. The summed E-state index contributed by atoms with van der Waals surface area (Å²) in [5.41, 5.74) is 2.65. The summed E-state index contributed by atoms with van der Waals surface area (Å²) in [4.78, 5) is 15.1. The minimum atomic E-state index is 0. The van der Waals surface area contributed by atoms with E-state index in [4.69, 9.17) is 0 Å². The Bertz CT molecular complexity index is 668. The number of hydrogen-bond donors (Lipinski definition) is 1. The fourth-order valence-corrected chi connectivity index (χ4v) is 4.55. The molecule has 0 aliphatic carbocycles. The number of halogens is 1. The summed E-state index contributed by atoms with van der Waals surface area (Å²) in [6, 6.07) is 21.2. The fraction of sp³-hybridized carbons (Fsp3) is 0.435. The fourth-order valence-electron chi connectivity index (χ4n) is 4.55. The van der Waals surface area contributed by atoms with Crippen LogP contribution in [-0.2, 0) is 17.6 Å². The molecular formula is C23H29ClN2O. The van der Waals surface area contributed by atoms with Gasteiger partial charge in [-0.2, -0.15) is 0 Å². The van der Waals surface area contributed by atoms with Crippen molar-refractivity contribution >= 4 is 18.3 Å². The first kappa shape index (κ1) is 19.9. The van der Waals surface area contributed by atoms with E-state index < -0.39 is 0 Å². The maximum absolute atomic E-state index is 13.0. The van der Waals surface area contributed by atoms with Crippen LogP contribution in [0, 0.1) is 17.8 Å². The highest BCUT2D eigenvalue weighted by molar-refractivity contribution is 5.85. The Morgan fingerprint density at radius 2 is 1.37 bits per heavy atom. The first-order chi connectivity index (χ1) is 12.8. The zero-order valence-electron chi connectivity index (χ0n) is 15.7. The van der Waals surface area contributed by atoms with E-state index >= 15 is 0 Å². The van der Waals surface area contributed by atoms with Gasteiger partial charge in [-0.15, -0.1) is 12.4 Å². The van der Waals surface area contributed by atoms with Crippen molar-refractivity contribution in [1.82, 2.24) is 10.2 Å². The number of amides is 1. The zero-order chi connectivity index (χ0) is 17.8. The highest BCUT2D eigenvalue weighted by Crippen LogP contribution is 2.28. The normalized spacial score (nSPS) is 21.1. The third-order valence-corrected chi connectivity index (χ3v) is 5.94. The molecule has 2 fully saturated rings. The van der Waals surface area contributed by atoms with Crippen LogP contribution in [0.3, 0.4) is 0 Å². The summed E-state index contributed by atoms with van der Waals surface area (Å²) < 4.78 is 0. The molecule has 2 aliphatic heterocycles. The number of nitrogens with zero attached hydrogens (tertiary/aromatic N) is 1. The summed E-state index contributed by atoms with van der Waals surface area (Å²) in [5, 5.41) is 3.45. The first-order valence-electron chi connectivity index (χ1n) is 9.84. The molecule has 0 bridgehead atoms. The average molecular weight is 385 g/mol. The highest BCUT2D eigenvalue weighted by atomic mass is 35.5. The van der Waals surface area contributed by atoms with Gasteiger partial charge in [0.1, 0.15) is 0 Å². The molecule has 4 rings (SSSR count). The Hall–Kier alpha value is -1.84. The molecule has 3 nitrogen and oxygen atoms in total. The molecule has 4 heteroatoms. The maximum Gasteiger partial charge on any atom is 0.222 e. The summed E-state index contributed by atoms with van der Waals surface area (Å²) in [6.45, 7) is 4.04. The summed E-state index contributed by atoms with van der Waals surface area (Å²) >= 11 is 0. The SMILES string of the molecule is Cl.O=C(CC(Cc1ccccc1)Cc1ccccc1)N1C[C@H]2CNC[C@H]2C1. The number of likely N-dealkylation sites (tertiary alicyclic amines) is 1. The van der Waals surface area contributed by atoms with Crippen LogP contribution in [0.5, 0.6) is 0 Å². The monoisotopic (exact) mass is 384 g/mol. The summed E-state index contributed by atoms with van der Waals surface area (Å²) in [5.74, 6) is 2.03. The van der Waals surface area contributed by atoms with E-state index in [1.807, 2.05) is 0 Å². The molecule has 2 aromatic rings. The van der Waals surface area contributed by atoms with Crippen LogP contribution >= 0.6 is 12.4 Å². The molecule has 1 amide bonds.